The fourth-order valence-electron chi connectivity index (χ4n) is 3.14. The number of amides is 1. The highest BCUT2D eigenvalue weighted by Gasteiger charge is 2.52. The molecule has 2 aliphatic rings. The molecule has 5 heteroatoms. The molecule has 1 amide bonds. The van der Waals surface area contributed by atoms with Gasteiger partial charge in [0, 0.05) is 6.54 Å². The number of fused-ring (bicyclic) bond motifs is 1. The van der Waals surface area contributed by atoms with Crippen molar-refractivity contribution >= 4 is 12.1 Å². The molecule has 5 nitrogen and oxygen atoms in total. The first kappa shape index (κ1) is 13.0. The quantitative estimate of drug-likeness (QED) is 0.917. The molecule has 1 aromatic rings. The Morgan fingerprint density at radius 2 is 2.00 bits per heavy atom. The molecule has 1 aliphatic heterocycles. The summed E-state index contributed by atoms with van der Waals surface area (Å²) in [6, 6.07) is 8.67. The molecule has 1 saturated carbocycles. The van der Waals surface area contributed by atoms with E-state index >= 15 is 0 Å². The summed E-state index contributed by atoms with van der Waals surface area (Å²) in [5.41, 5.74) is 0.898. The standard InChI is InChI=1S/C15H17NO4/c17-14(18)13-12-7-6-11(12)8-16(13)15(19)20-9-10-4-2-1-3-5-10/h1-5,11-13H,6-9H2,(H,17,18)/t11-,12-,13-/m0/s1. The molecule has 20 heavy (non-hydrogen) atoms. The summed E-state index contributed by atoms with van der Waals surface area (Å²) in [5, 5.41) is 9.29. The van der Waals surface area contributed by atoms with Crippen LogP contribution >= 0.6 is 0 Å². The number of carboxylic acids is 1. The Morgan fingerprint density at radius 3 is 2.60 bits per heavy atom. The summed E-state index contributed by atoms with van der Waals surface area (Å²) in [5.74, 6) is -0.481. The van der Waals surface area contributed by atoms with Crippen LogP contribution in [-0.4, -0.2) is 34.7 Å². The zero-order valence-corrected chi connectivity index (χ0v) is 11.1. The van der Waals surface area contributed by atoms with Crippen molar-refractivity contribution in [1.29, 1.82) is 0 Å². The second-order valence-corrected chi connectivity index (χ2v) is 5.48. The number of hydrogen-bond acceptors (Lipinski definition) is 3. The summed E-state index contributed by atoms with van der Waals surface area (Å²) in [7, 11) is 0. The zero-order chi connectivity index (χ0) is 14.1. The van der Waals surface area contributed by atoms with E-state index in [9.17, 15) is 14.7 Å². The number of likely N-dealkylation sites (tertiary alicyclic amines) is 1. The zero-order valence-electron chi connectivity index (χ0n) is 11.1. The van der Waals surface area contributed by atoms with Crippen molar-refractivity contribution in [2.24, 2.45) is 11.8 Å². The molecule has 0 bridgehead atoms. The normalized spacial score (nSPS) is 27.6. The number of hydrogen-bond donors (Lipinski definition) is 1. The molecule has 1 saturated heterocycles. The molecule has 1 N–H and O–H groups in total. The Labute approximate surface area is 117 Å². The van der Waals surface area contributed by atoms with Crippen molar-refractivity contribution in [2.45, 2.75) is 25.5 Å². The lowest BCUT2D eigenvalue weighted by Crippen LogP contribution is -2.44. The Kier molecular flexibility index (Phi) is 3.34. The van der Waals surface area contributed by atoms with Gasteiger partial charge in [0.15, 0.2) is 0 Å². The average Bonchev–Trinajstić information content (AvgIpc) is 2.69. The van der Waals surface area contributed by atoms with Crippen LogP contribution in [0, 0.1) is 11.8 Å². The summed E-state index contributed by atoms with van der Waals surface area (Å²) >= 11 is 0. The SMILES string of the molecule is O=C(O)[C@@H]1[C@H]2CC[C@H]2CN1C(=O)OCc1ccccc1. The Balaban J connectivity index is 1.63. The minimum atomic E-state index is -0.922. The highest BCUT2D eigenvalue weighted by atomic mass is 16.6. The van der Waals surface area contributed by atoms with Gasteiger partial charge in [0.1, 0.15) is 12.6 Å². The molecule has 0 aromatic heterocycles. The van der Waals surface area contributed by atoms with E-state index in [2.05, 4.69) is 0 Å². The van der Waals surface area contributed by atoms with Crippen molar-refractivity contribution in [2.75, 3.05) is 6.54 Å². The molecule has 2 fully saturated rings. The second kappa shape index (κ2) is 5.15. The third-order valence-corrected chi connectivity index (χ3v) is 4.34. The fraction of sp³-hybridized carbons (Fsp3) is 0.467. The van der Waals surface area contributed by atoms with E-state index in [4.69, 9.17) is 4.74 Å². The van der Waals surface area contributed by atoms with Gasteiger partial charge in [-0.1, -0.05) is 30.3 Å². The van der Waals surface area contributed by atoms with Gasteiger partial charge in [-0.05, 0) is 30.2 Å². The Morgan fingerprint density at radius 1 is 1.25 bits per heavy atom. The van der Waals surface area contributed by atoms with Crippen LogP contribution in [0.25, 0.3) is 0 Å². The van der Waals surface area contributed by atoms with Gasteiger partial charge in [-0.3, -0.25) is 4.90 Å². The third kappa shape index (κ3) is 2.24. The van der Waals surface area contributed by atoms with Gasteiger partial charge in [0.25, 0.3) is 0 Å². The van der Waals surface area contributed by atoms with E-state index in [1.807, 2.05) is 30.3 Å². The first-order chi connectivity index (χ1) is 9.66. The maximum Gasteiger partial charge on any atom is 0.410 e. The molecule has 0 unspecified atom stereocenters. The van der Waals surface area contributed by atoms with E-state index in [1.54, 1.807) is 0 Å². The monoisotopic (exact) mass is 275 g/mol. The minimum Gasteiger partial charge on any atom is -0.480 e. The van der Waals surface area contributed by atoms with Crippen LogP contribution in [0.1, 0.15) is 18.4 Å². The van der Waals surface area contributed by atoms with Crippen LogP contribution in [0.3, 0.4) is 0 Å². The largest absolute Gasteiger partial charge is 0.480 e. The summed E-state index contributed by atoms with van der Waals surface area (Å²) in [4.78, 5) is 24.8. The molecule has 3 atom stereocenters. The second-order valence-electron chi connectivity index (χ2n) is 5.48. The lowest BCUT2D eigenvalue weighted by atomic mass is 9.73. The molecule has 0 radical (unpaired) electrons. The molecule has 106 valence electrons. The Bertz CT molecular complexity index is 516. The number of carbonyl (C=O) groups is 2. The van der Waals surface area contributed by atoms with Crippen LogP contribution in [0.5, 0.6) is 0 Å². The van der Waals surface area contributed by atoms with Gasteiger partial charge in [-0.25, -0.2) is 9.59 Å². The lowest BCUT2D eigenvalue weighted by Gasteiger charge is -2.31. The Hall–Kier alpha value is -2.04. The maximum atomic E-state index is 12.1. The first-order valence-corrected chi connectivity index (χ1v) is 6.87. The van der Waals surface area contributed by atoms with Gasteiger partial charge in [-0.15, -0.1) is 0 Å². The predicted molar refractivity (Wildman–Crippen MR) is 71.0 cm³/mol. The van der Waals surface area contributed by atoms with Crippen molar-refractivity contribution in [3.05, 3.63) is 35.9 Å². The van der Waals surface area contributed by atoms with Crippen LogP contribution < -0.4 is 0 Å². The van der Waals surface area contributed by atoms with Gasteiger partial charge < -0.3 is 9.84 Å². The molecule has 3 rings (SSSR count). The molecule has 0 spiro atoms. The summed E-state index contributed by atoms with van der Waals surface area (Å²) in [6.45, 7) is 0.688. The average molecular weight is 275 g/mol. The van der Waals surface area contributed by atoms with Crippen molar-refractivity contribution < 1.29 is 19.4 Å². The summed E-state index contributed by atoms with van der Waals surface area (Å²) in [6.07, 6.45) is 1.39. The van der Waals surface area contributed by atoms with E-state index in [0.717, 1.165) is 18.4 Å². The smallest absolute Gasteiger partial charge is 0.410 e. The van der Waals surface area contributed by atoms with Crippen molar-refractivity contribution in [1.82, 2.24) is 4.90 Å². The number of carboxylic acid groups (broad SMARTS) is 1. The van der Waals surface area contributed by atoms with Gasteiger partial charge in [0.05, 0.1) is 0 Å². The molecular formula is C15H17NO4. The minimum absolute atomic E-state index is 0.108. The fourth-order valence-corrected chi connectivity index (χ4v) is 3.14. The van der Waals surface area contributed by atoms with E-state index in [0.29, 0.717) is 12.5 Å². The van der Waals surface area contributed by atoms with Crippen molar-refractivity contribution in [3.8, 4) is 0 Å². The highest BCUT2D eigenvalue weighted by Crippen LogP contribution is 2.45. The number of rotatable bonds is 3. The molecule has 1 aromatic carbocycles. The lowest BCUT2D eigenvalue weighted by molar-refractivity contribution is -0.143. The van der Waals surface area contributed by atoms with E-state index in [1.165, 1.54) is 4.90 Å². The van der Waals surface area contributed by atoms with Crippen LogP contribution in [0.4, 0.5) is 4.79 Å². The number of aliphatic carboxylic acids is 1. The van der Waals surface area contributed by atoms with E-state index in [-0.39, 0.29) is 12.5 Å². The van der Waals surface area contributed by atoms with Crippen LogP contribution in [0.15, 0.2) is 30.3 Å². The number of benzene rings is 1. The first-order valence-electron chi connectivity index (χ1n) is 6.87. The van der Waals surface area contributed by atoms with Crippen molar-refractivity contribution in [3.63, 3.8) is 0 Å². The van der Waals surface area contributed by atoms with Gasteiger partial charge >= 0.3 is 12.1 Å². The topological polar surface area (TPSA) is 66.8 Å². The van der Waals surface area contributed by atoms with Gasteiger partial charge in [-0.2, -0.15) is 0 Å². The molecule has 1 aliphatic carbocycles. The van der Waals surface area contributed by atoms with Gasteiger partial charge in [0.2, 0.25) is 0 Å². The maximum absolute atomic E-state index is 12.1. The molecule has 1 heterocycles. The number of nitrogens with zero attached hydrogens (tertiary/aromatic N) is 1. The number of ether oxygens (including phenoxy) is 1. The summed E-state index contributed by atoms with van der Waals surface area (Å²) < 4.78 is 5.24. The highest BCUT2D eigenvalue weighted by molar-refractivity contribution is 5.81. The van der Waals surface area contributed by atoms with Crippen LogP contribution in [-0.2, 0) is 16.1 Å². The third-order valence-electron chi connectivity index (χ3n) is 4.34. The predicted octanol–water partition coefficient (Wildman–Crippen LogP) is 2.12. The number of carbonyl (C=O) groups excluding carboxylic acids is 1. The van der Waals surface area contributed by atoms with E-state index < -0.39 is 18.1 Å². The molecular weight excluding hydrogens is 258 g/mol. The van der Waals surface area contributed by atoms with Crippen LogP contribution in [0.2, 0.25) is 0 Å².